The first-order valence-corrected chi connectivity index (χ1v) is 7.42. The number of benzene rings is 2. The third-order valence-corrected chi connectivity index (χ3v) is 4.33. The second-order valence-electron chi connectivity index (χ2n) is 5.62. The fourth-order valence-corrected chi connectivity index (χ4v) is 3.31. The molecule has 0 saturated carbocycles. The van der Waals surface area contributed by atoms with Gasteiger partial charge in [0.25, 0.3) is 0 Å². The fourth-order valence-electron chi connectivity index (χ4n) is 3.31. The van der Waals surface area contributed by atoms with Crippen molar-refractivity contribution in [2.75, 3.05) is 13.2 Å². The molecule has 4 rings (SSSR count). The molecule has 0 N–H and O–H groups in total. The van der Waals surface area contributed by atoms with E-state index >= 15 is 0 Å². The molecule has 0 bridgehead atoms. The number of ether oxygens (including phenoxy) is 2. The van der Waals surface area contributed by atoms with Crippen LogP contribution in [0.2, 0.25) is 0 Å². The molecule has 108 valence electrons. The van der Waals surface area contributed by atoms with Crippen molar-refractivity contribution in [3.8, 4) is 11.8 Å². The molecule has 0 fully saturated rings. The first kappa shape index (κ1) is 13.0. The van der Waals surface area contributed by atoms with Gasteiger partial charge in [-0.1, -0.05) is 48.5 Å². The molecule has 2 heterocycles. The van der Waals surface area contributed by atoms with Crippen molar-refractivity contribution in [2.45, 2.75) is 5.92 Å². The van der Waals surface area contributed by atoms with Crippen LogP contribution in [0.15, 0.2) is 60.2 Å². The van der Waals surface area contributed by atoms with Gasteiger partial charge in [-0.05, 0) is 6.07 Å². The monoisotopic (exact) mass is 289 g/mol. The molecule has 2 unspecified atom stereocenters. The number of rotatable bonds is 1. The van der Waals surface area contributed by atoms with Crippen molar-refractivity contribution in [1.29, 1.82) is 5.26 Å². The van der Waals surface area contributed by atoms with Gasteiger partial charge in [0, 0.05) is 23.0 Å². The molecule has 2 aliphatic rings. The maximum atomic E-state index is 9.76. The average Bonchev–Trinajstić information content (AvgIpc) is 2.61. The molecule has 0 amide bonds. The fraction of sp³-hybridized carbons (Fsp3) is 0.211. The number of allylic oxidation sites excluding steroid dienone is 1. The van der Waals surface area contributed by atoms with Gasteiger partial charge in [-0.25, -0.2) is 0 Å². The van der Waals surface area contributed by atoms with Crippen molar-refractivity contribution in [3.05, 3.63) is 71.3 Å². The minimum absolute atomic E-state index is 0.0545. The standard InChI is InChI=1S/C19H15NO2/c20-10-16-18-14(11-21-17-9-5-4-8-15(17)18)12-22-19(16)13-6-2-1-3-7-13/h1-9,14,18H,11-12H2. The van der Waals surface area contributed by atoms with Crippen molar-refractivity contribution in [1.82, 2.24) is 0 Å². The highest BCUT2D eigenvalue weighted by Crippen LogP contribution is 2.46. The Labute approximate surface area is 129 Å². The summed E-state index contributed by atoms with van der Waals surface area (Å²) in [5, 5.41) is 9.76. The molecule has 3 heteroatoms. The molecule has 0 aliphatic carbocycles. The van der Waals surface area contributed by atoms with Gasteiger partial charge < -0.3 is 9.47 Å². The van der Waals surface area contributed by atoms with Crippen LogP contribution in [0.1, 0.15) is 17.0 Å². The zero-order valence-electron chi connectivity index (χ0n) is 12.0. The summed E-state index contributed by atoms with van der Waals surface area (Å²) in [5.41, 5.74) is 2.76. The first-order valence-electron chi connectivity index (χ1n) is 7.42. The highest BCUT2D eigenvalue weighted by molar-refractivity contribution is 5.70. The molecular formula is C19H15NO2. The van der Waals surface area contributed by atoms with Crippen molar-refractivity contribution in [3.63, 3.8) is 0 Å². The second kappa shape index (κ2) is 5.23. The Hall–Kier alpha value is -2.73. The highest BCUT2D eigenvalue weighted by Gasteiger charge is 2.39. The number of hydrogen-bond acceptors (Lipinski definition) is 3. The Morgan fingerprint density at radius 1 is 0.909 bits per heavy atom. The van der Waals surface area contributed by atoms with E-state index in [-0.39, 0.29) is 11.8 Å². The molecule has 3 nitrogen and oxygen atoms in total. The van der Waals surface area contributed by atoms with Gasteiger partial charge >= 0.3 is 0 Å². The zero-order chi connectivity index (χ0) is 14.9. The molecule has 2 aromatic carbocycles. The lowest BCUT2D eigenvalue weighted by atomic mass is 9.77. The molecule has 0 radical (unpaired) electrons. The minimum atomic E-state index is 0.0545. The minimum Gasteiger partial charge on any atom is -0.493 e. The van der Waals surface area contributed by atoms with E-state index in [0.717, 1.165) is 16.9 Å². The SMILES string of the molecule is N#CC1=C(c2ccccc2)OCC2COc3ccccc3C12. The van der Waals surface area contributed by atoms with Crippen LogP contribution in [0.5, 0.6) is 5.75 Å². The molecular weight excluding hydrogens is 274 g/mol. The normalized spacial score (nSPS) is 22.7. The van der Waals surface area contributed by atoms with Gasteiger partial charge in [-0.15, -0.1) is 0 Å². The van der Waals surface area contributed by atoms with Crippen LogP contribution in [0.4, 0.5) is 0 Å². The van der Waals surface area contributed by atoms with Crippen LogP contribution in [0, 0.1) is 17.2 Å². The summed E-state index contributed by atoms with van der Waals surface area (Å²) in [6.45, 7) is 1.17. The van der Waals surface area contributed by atoms with Gasteiger partial charge in [0.15, 0.2) is 0 Å². The van der Waals surface area contributed by atoms with Gasteiger partial charge in [0.2, 0.25) is 0 Å². The topological polar surface area (TPSA) is 42.2 Å². The second-order valence-corrected chi connectivity index (χ2v) is 5.62. The van der Waals surface area contributed by atoms with E-state index in [9.17, 15) is 5.26 Å². The molecule has 0 saturated heterocycles. The molecule has 0 spiro atoms. The average molecular weight is 289 g/mol. The number of nitrogens with zero attached hydrogens (tertiary/aromatic N) is 1. The predicted octanol–water partition coefficient (Wildman–Crippen LogP) is 3.74. The predicted molar refractivity (Wildman–Crippen MR) is 83.1 cm³/mol. The molecule has 2 atom stereocenters. The molecule has 22 heavy (non-hydrogen) atoms. The van der Waals surface area contributed by atoms with E-state index in [4.69, 9.17) is 9.47 Å². The van der Waals surface area contributed by atoms with Gasteiger partial charge in [-0.2, -0.15) is 5.26 Å². The largest absolute Gasteiger partial charge is 0.493 e. The van der Waals surface area contributed by atoms with Crippen LogP contribution in [-0.4, -0.2) is 13.2 Å². The third kappa shape index (κ3) is 1.96. The van der Waals surface area contributed by atoms with Crippen LogP contribution < -0.4 is 4.74 Å². The van der Waals surface area contributed by atoms with E-state index in [0.29, 0.717) is 24.5 Å². The smallest absolute Gasteiger partial charge is 0.140 e. The van der Waals surface area contributed by atoms with E-state index in [1.54, 1.807) is 0 Å². The van der Waals surface area contributed by atoms with Crippen molar-refractivity contribution in [2.24, 2.45) is 5.92 Å². The van der Waals surface area contributed by atoms with Crippen LogP contribution >= 0.6 is 0 Å². The Morgan fingerprint density at radius 3 is 2.45 bits per heavy atom. The van der Waals surface area contributed by atoms with E-state index in [1.807, 2.05) is 48.5 Å². The van der Waals surface area contributed by atoms with Gasteiger partial charge in [-0.3, -0.25) is 0 Å². The third-order valence-electron chi connectivity index (χ3n) is 4.33. The molecule has 0 aromatic heterocycles. The maximum absolute atomic E-state index is 9.76. The maximum Gasteiger partial charge on any atom is 0.140 e. The number of para-hydroxylation sites is 1. The Balaban J connectivity index is 1.89. The van der Waals surface area contributed by atoms with Crippen LogP contribution in [-0.2, 0) is 4.74 Å². The van der Waals surface area contributed by atoms with E-state index in [2.05, 4.69) is 12.1 Å². The van der Waals surface area contributed by atoms with Crippen LogP contribution in [0.3, 0.4) is 0 Å². The lowest BCUT2D eigenvalue weighted by Gasteiger charge is -2.37. The number of nitriles is 1. The summed E-state index contributed by atoms with van der Waals surface area (Å²) in [5.74, 6) is 1.84. The van der Waals surface area contributed by atoms with Crippen molar-refractivity contribution >= 4 is 5.76 Å². The Bertz CT molecular complexity index is 774. The lowest BCUT2D eigenvalue weighted by Crippen LogP contribution is -2.34. The van der Waals surface area contributed by atoms with E-state index < -0.39 is 0 Å². The summed E-state index contributed by atoms with van der Waals surface area (Å²) in [6, 6.07) is 20.2. The quantitative estimate of drug-likeness (QED) is 0.803. The highest BCUT2D eigenvalue weighted by atomic mass is 16.5. The van der Waals surface area contributed by atoms with Gasteiger partial charge in [0.05, 0.1) is 24.9 Å². The molecule has 2 aromatic rings. The zero-order valence-corrected chi connectivity index (χ0v) is 12.0. The van der Waals surface area contributed by atoms with E-state index in [1.165, 1.54) is 0 Å². The molecule has 2 aliphatic heterocycles. The first-order chi connectivity index (χ1) is 10.9. The number of hydrogen-bond donors (Lipinski definition) is 0. The Kier molecular flexibility index (Phi) is 3.08. The summed E-state index contributed by atoms with van der Waals surface area (Å²) < 4.78 is 11.7. The van der Waals surface area contributed by atoms with Crippen molar-refractivity contribution < 1.29 is 9.47 Å². The summed E-state index contributed by atoms with van der Waals surface area (Å²) >= 11 is 0. The lowest BCUT2D eigenvalue weighted by molar-refractivity contribution is 0.115. The summed E-state index contributed by atoms with van der Waals surface area (Å²) in [7, 11) is 0. The Morgan fingerprint density at radius 2 is 1.64 bits per heavy atom. The van der Waals surface area contributed by atoms with Gasteiger partial charge in [0.1, 0.15) is 11.5 Å². The summed E-state index contributed by atoms with van der Waals surface area (Å²) in [6.07, 6.45) is 0. The summed E-state index contributed by atoms with van der Waals surface area (Å²) in [4.78, 5) is 0. The van der Waals surface area contributed by atoms with Crippen LogP contribution in [0.25, 0.3) is 5.76 Å². The number of fused-ring (bicyclic) bond motifs is 3.